The smallest absolute Gasteiger partial charge is 0.193 e. The molecule has 0 atom stereocenters. The van der Waals surface area contributed by atoms with Crippen molar-refractivity contribution in [2.75, 3.05) is 0 Å². The van der Waals surface area contributed by atoms with Crippen LogP contribution >= 0.6 is 0 Å². The maximum Gasteiger partial charge on any atom is 0.193 e. The third-order valence-corrected chi connectivity index (χ3v) is 1.68. The molecule has 2 rings (SSSR count). The molecule has 2 aromatic rings. The highest BCUT2D eigenvalue weighted by atomic mass is 16.1. The van der Waals surface area contributed by atoms with E-state index < -0.39 is 0 Å². The number of carbonyl (C=O) groups is 1. The number of aromatic nitrogens is 2. The molecular formula is C10H6N2O. The predicted molar refractivity (Wildman–Crippen MR) is 48.1 cm³/mol. The molecule has 0 spiro atoms. The fourth-order valence-electron chi connectivity index (χ4n) is 1.13. The highest BCUT2D eigenvalue weighted by Gasteiger charge is 1.96. The minimum Gasteiger partial charge on any atom is -0.293 e. The molecule has 0 unspecified atom stereocenters. The van der Waals surface area contributed by atoms with Crippen LogP contribution < -0.4 is 0 Å². The molecule has 0 aliphatic carbocycles. The molecule has 0 saturated carbocycles. The maximum atomic E-state index is 10.0. The average Bonchev–Trinajstić information content (AvgIpc) is 2.58. The fraction of sp³-hybridized carbons (Fsp3) is 0. The first-order valence-corrected chi connectivity index (χ1v) is 3.79. The number of rotatable bonds is 0. The van der Waals surface area contributed by atoms with Crippen molar-refractivity contribution in [3.8, 4) is 11.8 Å². The van der Waals surface area contributed by atoms with E-state index in [1.165, 1.54) is 0 Å². The summed E-state index contributed by atoms with van der Waals surface area (Å²) in [7, 11) is 0. The van der Waals surface area contributed by atoms with Crippen molar-refractivity contribution < 1.29 is 4.79 Å². The minimum absolute atomic E-state index is 0.572. The molecular weight excluding hydrogens is 164 g/mol. The van der Waals surface area contributed by atoms with Crippen LogP contribution in [0.4, 0.5) is 0 Å². The molecule has 0 aliphatic rings. The van der Waals surface area contributed by atoms with E-state index in [0.717, 1.165) is 11.3 Å². The van der Waals surface area contributed by atoms with Gasteiger partial charge in [-0.05, 0) is 24.0 Å². The largest absolute Gasteiger partial charge is 0.293 e. The Morgan fingerprint density at radius 1 is 1.46 bits per heavy atom. The molecule has 2 aromatic heterocycles. The molecule has 0 fully saturated rings. The second kappa shape index (κ2) is 3.11. The zero-order valence-electron chi connectivity index (χ0n) is 6.77. The highest BCUT2D eigenvalue weighted by molar-refractivity contribution is 5.73. The van der Waals surface area contributed by atoms with Crippen LogP contribution in [0.1, 0.15) is 5.69 Å². The lowest BCUT2D eigenvalue weighted by Gasteiger charge is -1.91. The van der Waals surface area contributed by atoms with Crippen LogP contribution in [-0.4, -0.2) is 15.7 Å². The molecule has 0 saturated heterocycles. The molecule has 0 bridgehead atoms. The summed E-state index contributed by atoms with van der Waals surface area (Å²) >= 11 is 0. The van der Waals surface area contributed by atoms with Gasteiger partial charge in [0.15, 0.2) is 6.29 Å². The van der Waals surface area contributed by atoms with Crippen LogP contribution in [0, 0.1) is 11.8 Å². The Bertz CT molecular complexity index is 502. The summed E-state index contributed by atoms with van der Waals surface area (Å²) in [5.41, 5.74) is 1.56. The van der Waals surface area contributed by atoms with E-state index in [2.05, 4.69) is 16.8 Å². The van der Waals surface area contributed by atoms with Crippen LogP contribution in [0.5, 0.6) is 0 Å². The van der Waals surface area contributed by atoms with Gasteiger partial charge in [0.05, 0.1) is 6.20 Å². The Labute approximate surface area is 75.0 Å². The van der Waals surface area contributed by atoms with Gasteiger partial charge in [0.25, 0.3) is 0 Å². The first-order chi connectivity index (χ1) is 6.42. The number of pyridine rings is 1. The van der Waals surface area contributed by atoms with Gasteiger partial charge in [-0.2, -0.15) is 0 Å². The second-order valence-electron chi connectivity index (χ2n) is 2.46. The van der Waals surface area contributed by atoms with E-state index in [1.807, 2.05) is 28.8 Å². The van der Waals surface area contributed by atoms with E-state index in [9.17, 15) is 4.79 Å². The van der Waals surface area contributed by atoms with E-state index in [0.29, 0.717) is 6.29 Å². The highest BCUT2D eigenvalue weighted by Crippen LogP contribution is 2.03. The number of nitrogens with zero attached hydrogens (tertiary/aromatic N) is 2. The SMILES string of the molecule is O=CC#Cc1cnc2ccccn12. The summed E-state index contributed by atoms with van der Waals surface area (Å²) < 4.78 is 1.83. The molecule has 3 nitrogen and oxygen atoms in total. The van der Waals surface area contributed by atoms with Crippen LogP contribution in [-0.2, 0) is 4.79 Å². The third kappa shape index (κ3) is 1.30. The topological polar surface area (TPSA) is 34.4 Å². The molecule has 0 radical (unpaired) electrons. The zero-order valence-corrected chi connectivity index (χ0v) is 6.77. The van der Waals surface area contributed by atoms with Gasteiger partial charge in [-0.3, -0.25) is 9.20 Å². The van der Waals surface area contributed by atoms with Crippen molar-refractivity contribution >= 4 is 11.9 Å². The lowest BCUT2D eigenvalue weighted by molar-refractivity contribution is -0.103. The molecule has 0 N–H and O–H groups in total. The number of imidazole rings is 1. The Hall–Kier alpha value is -2.08. The lowest BCUT2D eigenvalue weighted by atomic mass is 10.4. The normalized spacial score (nSPS) is 9.23. The van der Waals surface area contributed by atoms with Gasteiger partial charge >= 0.3 is 0 Å². The monoisotopic (exact) mass is 170 g/mol. The van der Waals surface area contributed by atoms with Crippen LogP contribution in [0.2, 0.25) is 0 Å². The number of hydrogen-bond acceptors (Lipinski definition) is 2. The van der Waals surface area contributed by atoms with Crippen molar-refractivity contribution in [2.24, 2.45) is 0 Å². The van der Waals surface area contributed by atoms with Crippen LogP contribution in [0.3, 0.4) is 0 Å². The summed E-state index contributed by atoms with van der Waals surface area (Å²) in [6, 6.07) is 5.67. The molecule has 0 amide bonds. The number of aldehydes is 1. The summed E-state index contributed by atoms with van der Waals surface area (Å²) in [6.45, 7) is 0. The lowest BCUT2D eigenvalue weighted by Crippen LogP contribution is -1.85. The first-order valence-electron chi connectivity index (χ1n) is 3.79. The molecule has 0 aliphatic heterocycles. The Kier molecular flexibility index (Phi) is 1.81. The van der Waals surface area contributed by atoms with Crippen molar-refractivity contribution in [1.82, 2.24) is 9.38 Å². The number of fused-ring (bicyclic) bond motifs is 1. The molecule has 2 heterocycles. The summed E-state index contributed by atoms with van der Waals surface area (Å²) in [5.74, 6) is 5.05. The van der Waals surface area contributed by atoms with Crippen molar-refractivity contribution in [3.63, 3.8) is 0 Å². The van der Waals surface area contributed by atoms with Crippen molar-refractivity contribution in [2.45, 2.75) is 0 Å². The van der Waals surface area contributed by atoms with E-state index >= 15 is 0 Å². The fourth-order valence-corrected chi connectivity index (χ4v) is 1.13. The van der Waals surface area contributed by atoms with Gasteiger partial charge in [-0.15, -0.1) is 0 Å². The molecule has 3 heteroatoms. The Morgan fingerprint density at radius 2 is 2.38 bits per heavy atom. The second-order valence-corrected chi connectivity index (χ2v) is 2.46. The zero-order chi connectivity index (χ0) is 9.10. The third-order valence-electron chi connectivity index (χ3n) is 1.68. The van der Waals surface area contributed by atoms with Gasteiger partial charge in [-0.1, -0.05) is 6.07 Å². The van der Waals surface area contributed by atoms with Crippen molar-refractivity contribution in [1.29, 1.82) is 0 Å². The van der Waals surface area contributed by atoms with Crippen LogP contribution in [0.15, 0.2) is 30.6 Å². The van der Waals surface area contributed by atoms with E-state index in [-0.39, 0.29) is 0 Å². The maximum absolute atomic E-state index is 10.0. The summed E-state index contributed by atoms with van der Waals surface area (Å²) in [6.07, 6.45) is 4.07. The van der Waals surface area contributed by atoms with Crippen molar-refractivity contribution in [3.05, 3.63) is 36.3 Å². The van der Waals surface area contributed by atoms with Gasteiger partial charge in [0.2, 0.25) is 0 Å². The predicted octanol–water partition coefficient (Wildman–Crippen LogP) is 0.885. The number of carbonyl (C=O) groups excluding carboxylic acids is 1. The summed E-state index contributed by atoms with van der Waals surface area (Å²) in [5, 5.41) is 0. The van der Waals surface area contributed by atoms with Gasteiger partial charge < -0.3 is 0 Å². The number of hydrogen-bond donors (Lipinski definition) is 0. The molecule has 62 valence electrons. The quantitative estimate of drug-likeness (QED) is 0.434. The Morgan fingerprint density at radius 3 is 3.23 bits per heavy atom. The molecule has 13 heavy (non-hydrogen) atoms. The average molecular weight is 170 g/mol. The Balaban J connectivity index is 2.64. The van der Waals surface area contributed by atoms with Crippen LogP contribution in [0.25, 0.3) is 5.65 Å². The van der Waals surface area contributed by atoms with Gasteiger partial charge in [0.1, 0.15) is 11.3 Å². The minimum atomic E-state index is 0.572. The van der Waals surface area contributed by atoms with E-state index in [4.69, 9.17) is 0 Å². The van der Waals surface area contributed by atoms with Gasteiger partial charge in [-0.25, -0.2) is 4.98 Å². The first kappa shape index (κ1) is 7.56. The molecule has 0 aromatic carbocycles. The van der Waals surface area contributed by atoms with Gasteiger partial charge in [0, 0.05) is 6.20 Å². The van der Waals surface area contributed by atoms with E-state index in [1.54, 1.807) is 6.20 Å². The summed E-state index contributed by atoms with van der Waals surface area (Å²) in [4.78, 5) is 14.1. The standard InChI is InChI=1S/C10H6N2O/c13-7-3-4-9-8-11-10-5-1-2-6-12(9)10/h1-2,5-8H.